The number of hydrogen-bond acceptors (Lipinski definition) is 5. The molecular formula is C27H28FN3O3S. The summed E-state index contributed by atoms with van der Waals surface area (Å²) in [6.45, 7) is 4.47. The standard InChI is InChI=1S/C27H28FN3O3S/c1-3-4-16-29-35-25-15-14-22(18-24(25)34-2)30-27(33)23(17-19-8-6-5-7-9-19)31-26(32)20-10-12-21(28)13-11-20/h3,5-15,18,23,29H,1,4,16-17H2,2H3,(H,30,33)(H,31,32). The predicted molar refractivity (Wildman–Crippen MR) is 138 cm³/mol. The number of methoxy groups -OCH3 is 1. The molecule has 1 atom stereocenters. The molecule has 0 aliphatic rings. The Hall–Kier alpha value is -3.62. The molecule has 0 saturated carbocycles. The third-order valence-electron chi connectivity index (χ3n) is 5.07. The first kappa shape index (κ1) is 26.0. The average molecular weight is 494 g/mol. The highest BCUT2D eigenvalue weighted by atomic mass is 32.2. The van der Waals surface area contributed by atoms with Gasteiger partial charge in [-0.1, -0.05) is 36.4 Å². The second-order valence-electron chi connectivity index (χ2n) is 7.65. The lowest BCUT2D eigenvalue weighted by Crippen LogP contribution is -2.45. The molecule has 0 aliphatic carbocycles. The highest BCUT2D eigenvalue weighted by Gasteiger charge is 2.22. The van der Waals surface area contributed by atoms with Crippen LogP contribution in [0, 0.1) is 5.82 Å². The molecule has 3 N–H and O–H groups in total. The summed E-state index contributed by atoms with van der Waals surface area (Å²) in [5, 5.41) is 5.64. The van der Waals surface area contributed by atoms with Crippen LogP contribution < -0.4 is 20.1 Å². The van der Waals surface area contributed by atoms with Gasteiger partial charge >= 0.3 is 0 Å². The topological polar surface area (TPSA) is 79.5 Å². The van der Waals surface area contributed by atoms with Gasteiger partial charge in [0, 0.05) is 30.3 Å². The quantitative estimate of drug-likeness (QED) is 0.188. The van der Waals surface area contributed by atoms with Gasteiger partial charge in [-0.25, -0.2) is 4.39 Å². The van der Waals surface area contributed by atoms with E-state index in [9.17, 15) is 14.0 Å². The van der Waals surface area contributed by atoms with Gasteiger partial charge in [-0.05, 0) is 60.3 Å². The minimum atomic E-state index is -0.851. The second kappa shape index (κ2) is 13.3. The van der Waals surface area contributed by atoms with Crippen molar-refractivity contribution in [1.29, 1.82) is 0 Å². The summed E-state index contributed by atoms with van der Waals surface area (Å²) < 4.78 is 22.0. The molecule has 3 rings (SSSR count). The Kier molecular flexibility index (Phi) is 9.89. The summed E-state index contributed by atoms with van der Waals surface area (Å²) in [6, 6.07) is 19.1. The minimum absolute atomic E-state index is 0.268. The Labute approximate surface area is 209 Å². The van der Waals surface area contributed by atoms with Crippen molar-refractivity contribution in [3.8, 4) is 5.75 Å². The number of carbonyl (C=O) groups excluding carboxylic acids is 2. The molecule has 0 radical (unpaired) electrons. The first-order valence-electron chi connectivity index (χ1n) is 11.1. The van der Waals surface area contributed by atoms with E-state index in [1.165, 1.54) is 36.2 Å². The molecule has 2 amide bonds. The number of carbonyl (C=O) groups is 2. The van der Waals surface area contributed by atoms with Crippen molar-refractivity contribution in [1.82, 2.24) is 10.0 Å². The lowest BCUT2D eigenvalue weighted by molar-refractivity contribution is -0.118. The Morgan fingerprint density at radius 1 is 1.09 bits per heavy atom. The van der Waals surface area contributed by atoms with Gasteiger partial charge in [0.15, 0.2) is 0 Å². The van der Waals surface area contributed by atoms with Gasteiger partial charge in [-0.2, -0.15) is 0 Å². The summed E-state index contributed by atoms with van der Waals surface area (Å²) in [7, 11) is 1.57. The van der Waals surface area contributed by atoms with E-state index >= 15 is 0 Å². The molecule has 3 aromatic carbocycles. The minimum Gasteiger partial charge on any atom is -0.495 e. The maximum absolute atomic E-state index is 13.2. The molecular weight excluding hydrogens is 465 g/mol. The van der Waals surface area contributed by atoms with Crippen molar-refractivity contribution in [2.24, 2.45) is 0 Å². The Morgan fingerprint density at radius 3 is 2.51 bits per heavy atom. The molecule has 0 aromatic heterocycles. The molecule has 0 saturated heterocycles. The number of rotatable bonds is 12. The number of benzene rings is 3. The van der Waals surface area contributed by atoms with Gasteiger partial charge in [0.25, 0.3) is 5.91 Å². The highest BCUT2D eigenvalue weighted by molar-refractivity contribution is 7.97. The molecule has 35 heavy (non-hydrogen) atoms. The number of ether oxygens (including phenoxy) is 1. The molecule has 6 nitrogen and oxygen atoms in total. The molecule has 0 spiro atoms. The number of halogens is 1. The first-order chi connectivity index (χ1) is 17.0. The fourth-order valence-electron chi connectivity index (χ4n) is 3.25. The summed E-state index contributed by atoms with van der Waals surface area (Å²) in [4.78, 5) is 26.8. The van der Waals surface area contributed by atoms with E-state index < -0.39 is 17.8 Å². The zero-order valence-electron chi connectivity index (χ0n) is 19.4. The first-order valence-corrected chi connectivity index (χ1v) is 11.9. The molecule has 0 aliphatic heterocycles. The van der Waals surface area contributed by atoms with Crippen LogP contribution in [0.4, 0.5) is 10.1 Å². The van der Waals surface area contributed by atoms with Gasteiger partial charge in [0.05, 0.1) is 12.0 Å². The van der Waals surface area contributed by atoms with E-state index in [1.54, 1.807) is 19.2 Å². The lowest BCUT2D eigenvalue weighted by Gasteiger charge is -2.19. The van der Waals surface area contributed by atoms with Crippen molar-refractivity contribution >= 4 is 29.4 Å². The Bertz CT molecular complexity index is 1140. The fourth-order valence-corrected chi connectivity index (χ4v) is 4.01. The maximum Gasteiger partial charge on any atom is 0.251 e. The van der Waals surface area contributed by atoms with E-state index in [2.05, 4.69) is 21.9 Å². The van der Waals surface area contributed by atoms with Crippen LogP contribution in [-0.2, 0) is 11.2 Å². The van der Waals surface area contributed by atoms with Crippen molar-refractivity contribution < 1.29 is 18.7 Å². The Morgan fingerprint density at radius 2 is 1.83 bits per heavy atom. The SMILES string of the molecule is C=CCCNSc1ccc(NC(=O)C(Cc2ccccc2)NC(=O)c2ccc(F)cc2)cc1OC. The molecule has 0 heterocycles. The number of anilines is 1. The monoisotopic (exact) mass is 493 g/mol. The van der Waals surface area contributed by atoms with E-state index in [-0.39, 0.29) is 17.9 Å². The number of nitrogens with one attached hydrogen (secondary N) is 3. The van der Waals surface area contributed by atoms with Crippen LogP contribution in [0.2, 0.25) is 0 Å². The maximum atomic E-state index is 13.2. The fraction of sp³-hybridized carbons (Fsp3) is 0.185. The summed E-state index contributed by atoms with van der Waals surface area (Å²) in [5.41, 5.74) is 1.70. The van der Waals surface area contributed by atoms with Gasteiger partial charge in [-0.3, -0.25) is 14.3 Å². The van der Waals surface area contributed by atoms with Gasteiger partial charge in [0.2, 0.25) is 5.91 Å². The predicted octanol–water partition coefficient (Wildman–Crippen LogP) is 4.99. The van der Waals surface area contributed by atoms with Crippen molar-refractivity contribution in [3.63, 3.8) is 0 Å². The zero-order chi connectivity index (χ0) is 25.0. The van der Waals surface area contributed by atoms with E-state index in [4.69, 9.17) is 4.74 Å². The van der Waals surface area contributed by atoms with Gasteiger partial charge in [0.1, 0.15) is 17.6 Å². The smallest absolute Gasteiger partial charge is 0.251 e. The van der Waals surface area contributed by atoms with Crippen LogP contribution in [0.3, 0.4) is 0 Å². The van der Waals surface area contributed by atoms with Gasteiger partial charge < -0.3 is 15.4 Å². The van der Waals surface area contributed by atoms with Crippen LogP contribution in [0.15, 0.2) is 90.3 Å². The zero-order valence-corrected chi connectivity index (χ0v) is 20.2. The van der Waals surface area contributed by atoms with Crippen LogP contribution >= 0.6 is 11.9 Å². The highest BCUT2D eigenvalue weighted by Crippen LogP contribution is 2.30. The van der Waals surface area contributed by atoms with Gasteiger partial charge in [-0.15, -0.1) is 6.58 Å². The van der Waals surface area contributed by atoms with Crippen LogP contribution in [0.5, 0.6) is 5.75 Å². The summed E-state index contributed by atoms with van der Waals surface area (Å²) in [5.74, 6) is -0.674. The van der Waals surface area contributed by atoms with Crippen LogP contribution in [-0.4, -0.2) is 31.5 Å². The summed E-state index contributed by atoms with van der Waals surface area (Å²) in [6.07, 6.45) is 2.97. The van der Waals surface area contributed by atoms with E-state index in [0.29, 0.717) is 11.4 Å². The van der Waals surface area contributed by atoms with E-state index in [0.717, 1.165) is 23.4 Å². The number of hydrogen-bond donors (Lipinski definition) is 3. The van der Waals surface area contributed by atoms with Crippen molar-refractivity contribution in [3.05, 3.63) is 102 Å². The molecule has 0 fully saturated rings. The average Bonchev–Trinajstić information content (AvgIpc) is 2.87. The van der Waals surface area contributed by atoms with Crippen molar-refractivity contribution in [2.45, 2.75) is 23.8 Å². The molecule has 3 aromatic rings. The van der Waals surface area contributed by atoms with E-state index in [1.807, 2.05) is 42.5 Å². The van der Waals surface area contributed by atoms with Crippen molar-refractivity contribution in [2.75, 3.05) is 19.0 Å². The second-order valence-corrected chi connectivity index (χ2v) is 8.58. The van der Waals surface area contributed by atoms with Crippen LogP contribution in [0.25, 0.3) is 0 Å². The van der Waals surface area contributed by atoms with Crippen LogP contribution in [0.1, 0.15) is 22.3 Å². The molecule has 0 bridgehead atoms. The normalized spacial score (nSPS) is 11.4. The summed E-state index contributed by atoms with van der Waals surface area (Å²) >= 11 is 1.44. The molecule has 182 valence electrons. The molecule has 8 heteroatoms. The Balaban J connectivity index is 1.74. The lowest BCUT2D eigenvalue weighted by atomic mass is 10.0. The third-order valence-corrected chi connectivity index (χ3v) is 5.98. The largest absolute Gasteiger partial charge is 0.495 e. The molecule has 1 unspecified atom stereocenters. The third kappa shape index (κ3) is 7.98. The number of amides is 2.